The number of likely N-dealkylation sites (tertiary alicyclic amines) is 1. The van der Waals surface area contributed by atoms with Crippen LogP contribution in [0.2, 0.25) is 0 Å². The number of hydrogen-bond donors (Lipinski definition) is 0. The zero-order valence-corrected chi connectivity index (χ0v) is 16.3. The van der Waals surface area contributed by atoms with Crippen molar-refractivity contribution in [2.24, 2.45) is 5.92 Å². The molecule has 9 heteroatoms. The normalized spacial score (nSPS) is 15.3. The Hall–Kier alpha value is -1.45. The maximum Gasteiger partial charge on any atom is 0.316 e. The van der Waals surface area contributed by atoms with E-state index in [2.05, 4.69) is 22.0 Å². The zero-order chi connectivity index (χ0) is 17.6. The van der Waals surface area contributed by atoms with Crippen molar-refractivity contribution in [3.63, 3.8) is 0 Å². The summed E-state index contributed by atoms with van der Waals surface area (Å²) in [6.45, 7) is 4.17. The molecule has 6 nitrogen and oxygen atoms in total. The fourth-order valence-corrected chi connectivity index (χ4v) is 4.10. The van der Waals surface area contributed by atoms with Crippen molar-refractivity contribution in [2.45, 2.75) is 26.4 Å². The fourth-order valence-electron chi connectivity index (χ4n) is 2.41. The minimum absolute atomic E-state index is 0.0221. The van der Waals surface area contributed by atoms with Gasteiger partial charge in [0, 0.05) is 13.1 Å². The molecule has 0 aliphatic carbocycles. The molecular weight excluding hydrogens is 378 g/mol. The van der Waals surface area contributed by atoms with Crippen molar-refractivity contribution in [1.29, 1.82) is 0 Å². The van der Waals surface area contributed by atoms with Crippen LogP contribution in [0.25, 0.3) is 10.7 Å². The predicted molar refractivity (Wildman–Crippen MR) is 102 cm³/mol. The molecule has 1 fully saturated rings. The van der Waals surface area contributed by atoms with Gasteiger partial charge in [-0.25, -0.2) is 0 Å². The molecule has 0 N–H and O–H groups in total. The Balaban J connectivity index is 1.39. The Bertz CT molecular complexity index is 709. The molecule has 0 bridgehead atoms. The zero-order valence-electron chi connectivity index (χ0n) is 13.8. The molecule has 0 saturated carbocycles. The lowest BCUT2D eigenvalue weighted by Crippen LogP contribution is -2.35. The molecule has 1 aliphatic heterocycles. The lowest BCUT2D eigenvalue weighted by Gasteiger charge is -2.31. The van der Waals surface area contributed by atoms with Gasteiger partial charge < -0.3 is 14.2 Å². The van der Waals surface area contributed by atoms with Crippen LogP contribution >= 0.6 is 35.3 Å². The number of aromatic nitrogens is 2. The summed E-state index contributed by atoms with van der Waals surface area (Å²) in [5, 5.41) is 5.82. The first-order chi connectivity index (χ1) is 12.1. The van der Waals surface area contributed by atoms with E-state index in [1.807, 2.05) is 17.5 Å². The van der Waals surface area contributed by atoms with Gasteiger partial charge in [-0.05, 0) is 30.2 Å². The molecular formula is C16H19N3O3S3. The van der Waals surface area contributed by atoms with Gasteiger partial charge in [0.15, 0.2) is 6.61 Å². The predicted octanol–water partition coefficient (Wildman–Crippen LogP) is 3.59. The average molecular weight is 398 g/mol. The lowest BCUT2D eigenvalue weighted by atomic mass is 10.00. The van der Waals surface area contributed by atoms with E-state index in [0.717, 1.165) is 41.0 Å². The van der Waals surface area contributed by atoms with E-state index in [1.165, 1.54) is 23.1 Å². The van der Waals surface area contributed by atoms with E-state index >= 15 is 0 Å². The highest BCUT2D eigenvalue weighted by atomic mass is 32.2. The number of thiophene rings is 1. The Morgan fingerprint density at radius 3 is 3.04 bits per heavy atom. The highest BCUT2D eigenvalue weighted by Gasteiger charge is 2.19. The minimum atomic E-state index is -0.339. The van der Waals surface area contributed by atoms with Gasteiger partial charge in [-0.1, -0.05) is 42.1 Å². The van der Waals surface area contributed by atoms with E-state index in [0.29, 0.717) is 5.82 Å². The second kappa shape index (κ2) is 8.77. The van der Waals surface area contributed by atoms with Gasteiger partial charge in [0.25, 0.3) is 5.89 Å². The number of ether oxygens (including phenoxy) is 1. The summed E-state index contributed by atoms with van der Waals surface area (Å²) in [6.07, 6.45) is 2.30. The molecule has 0 aromatic carbocycles. The number of carbonyl (C=O) groups is 1. The van der Waals surface area contributed by atoms with Crippen molar-refractivity contribution in [3.05, 3.63) is 23.4 Å². The molecule has 134 valence electrons. The van der Waals surface area contributed by atoms with Gasteiger partial charge in [-0.3, -0.25) is 4.79 Å². The van der Waals surface area contributed by atoms with Crippen LogP contribution in [-0.2, 0) is 16.1 Å². The van der Waals surface area contributed by atoms with Gasteiger partial charge in [0.05, 0.1) is 10.6 Å². The minimum Gasteiger partial charge on any atom is -0.455 e. The molecule has 3 heterocycles. The molecule has 0 amide bonds. The second-order valence-corrected chi connectivity index (χ2v) is 8.43. The first-order valence-corrected chi connectivity index (χ1v) is 10.3. The summed E-state index contributed by atoms with van der Waals surface area (Å²) in [5.74, 6) is 1.40. The summed E-state index contributed by atoms with van der Waals surface area (Å²) >= 11 is 8.27. The van der Waals surface area contributed by atoms with Gasteiger partial charge in [-0.2, -0.15) is 4.98 Å². The number of hydrogen-bond acceptors (Lipinski definition) is 8. The summed E-state index contributed by atoms with van der Waals surface area (Å²) in [7, 11) is 0. The van der Waals surface area contributed by atoms with Gasteiger partial charge in [-0.15, -0.1) is 11.3 Å². The second-order valence-electron chi connectivity index (χ2n) is 5.87. The molecule has 1 aliphatic rings. The van der Waals surface area contributed by atoms with E-state index in [-0.39, 0.29) is 24.2 Å². The van der Waals surface area contributed by atoms with Gasteiger partial charge in [0.2, 0.25) is 5.82 Å². The Morgan fingerprint density at radius 1 is 1.52 bits per heavy atom. The first kappa shape index (κ1) is 18.3. The highest BCUT2D eigenvalue weighted by Crippen LogP contribution is 2.22. The summed E-state index contributed by atoms with van der Waals surface area (Å²) in [4.78, 5) is 19.2. The van der Waals surface area contributed by atoms with Crippen LogP contribution in [0.15, 0.2) is 22.0 Å². The molecule has 0 atom stereocenters. The lowest BCUT2D eigenvalue weighted by molar-refractivity contribution is -0.142. The quantitative estimate of drug-likeness (QED) is 0.560. The third-order valence-electron chi connectivity index (χ3n) is 3.92. The Labute approximate surface area is 159 Å². The van der Waals surface area contributed by atoms with Crippen molar-refractivity contribution in [3.8, 4) is 10.7 Å². The van der Waals surface area contributed by atoms with Crippen LogP contribution in [0.3, 0.4) is 0 Å². The van der Waals surface area contributed by atoms with E-state index in [4.69, 9.17) is 21.5 Å². The van der Waals surface area contributed by atoms with Crippen LogP contribution < -0.4 is 0 Å². The van der Waals surface area contributed by atoms with Crippen molar-refractivity contribution in [2.75, 3.05) is 18.8 Å². The monoisotopic (exact) mass is 397 g/mol. The Morgan fingerprint density at radius 2 is 2.32 bits per heavy atom. The van der Waals surface area contributed by atoms with E-state index in [1.54, 1.807) is 0 Å². The highest BCUT2D eigenvalue weighted by molar-refractivity contribution is 8.23. The number of carbonyl (C=O) groups excluding carboxylic acids is 1. The summed E-state index contributed by atoms with van der Waals surface area (Å²) < 4.78 is 11.0. The van der Waals surface area contributed by atoms with Crippen LogP contribution in [0.4, 0.5) is 0 Å². The average Bonchev–Trinajstić information content (AvgIpc) is 3.29. The van der Waals surface area contributed by atoms with Crippen molar-refractivity contribution >= 4 is 45.6 Å². The Kier molecular flexibility index (Phi) is 6.44. The molecule has 2 aromatic heterocycles. The standard InChI is InChI=1S/C16H19N3O3S3/c1-11-4-6-19(7-5-11)16(23)25-10-14(20)21-9-13-17-15(18-22-13)12-3-2-8-24-12/h2-3,8,11H,4-7,9-10H2,1H3. The van der Waals surface area contributed by atoms with Crippen LogP contribution in [0.5, 0.6) is 0 Å². The topological polar surface area (TPSA) is 68.5 Å². The molecule has 3 rings (SSSR count). The number of piperidine rings is 1. The van der Waals surface area contributed by atoms with Gasteiger partial charge in [0.1, 0.15) is 4.32 Å². The van der Waals surface area contributed by atoms with E-state index in [9.17, 15) is 4.79 Å². The molecule has 0 radical (unpaired) electrons. The number of nitrogens with zero attached hydrogens (tertiary/aromatic N) is 3. The van der Waals surface area contributed by atoms with Crippen molar-refractivity contribution in [1.82, 2.24) is 15.0 Å². The SMILES string of the molecule is CC1CCN(C(=S)SCC(=O)OCc2nc(-c3cccs3)no2)CC1. The van der Waals surface area contributed by atoms with E-state index < -0.39 is 0 Å². The molecule has 0 spiro atoms. The smallest absolute Gasteiger partial charge is 0.316 e. The maximum atomic E-state index is 11.9. The third kappa shape index (κ3) is 5.26. The molecule has 1 saturated heterocycles. The van der Waals surface area contributed by atoms with Crippen LogP contribution in [-0.4, -0.2) is 44.2 Å². The molecule has 25 heavy (non-hydrogen) atoms. The number of esters is 1. The van der Waals surface area contributed by atoms with Crippen LogP contribution in [0.1, 0.15) is 25.7 Å². The van der Waals surface area contributed by atoms with Gasteiger partial charge >= 0.3 is 5.97 Å². The number of rotatable bonds is 5. The fraction of sp³-hybridized carbons (Fsp3) is 0.500. The maximum absolute atomic E-state index is 11.9. The number of thiocarbonyl (C=S) groups is 1. The van der Waals surface area contributed by atoms with Crippen molar-refractivity contribution < 1.29 is 14.1 Å². The first-order valence-electron chi connectivity index (χ1n) is 8.05. The number of thioether (sulfide) groups is 1. The molecule has 2 aromatic rings. The summed E-state index contributed by atoms with van der Waals surface area (Å²) in [6, 6.07) is 3.82. The third-order valence-corrected chi connectivity index (χ3v) is 6.28. The molecule has 0 unspecified atom stereocenters. The summed E-state index contributed by atoms with van der Waals surface area (Å²) in [5.41, 5.74) is 0. The largest absolute Gasteiger partial charge is 0.455 e. The van der Waals surface area contributed by atoms with Crippen LogP contribution in [0, 0.1) is 5.92 Å².